The Kier molecular flexibility index (Phi) is 5.19. The quantitative estimate of drug-likeness (QED) is 0.570. The zero-order valence-corrected chi connectivity index (χ0v) is 9.33. The zero-order chi connectivity index (χ0) is 12.7. The summed E-state index contributed by atoms with van der Waals surface area (Å²) in [6.07, 6.45) is 0. The summed E-state index contributed by atoms with van der Waals surface area (Å²) >= 11 is 0. The molecule has 0 spiro atoms. The van der Waals surface area contributed by atoms with E-state index in [1.54, 1.807) is 6.07 Å². The lowest BCUT2D eigenvalue weighted by Gasteiger charge is -2.01. The minimum atomic E-state index is -0.296. The molecule has 0 aliphatic carbocycles. The molecule has 0 aliphatic heterocycles. The molecule has 5 heteroatoms. The van der Waals surface area contributed by atoms with Gasteiger partial charge in [0.05, 0.1) is 12.7 Å². The smallest absolute Gasteiger partial charge is 0.465 e. The van der Waals surface area contributed by atoms with E-state index in [9.17, 15) is 4.79 Å². The van der Waals surface area contributed by atoms with Gasteiger partial charge in [0, 0.05) is 0 Å². The van der Waals surface area contributed by atoms with E-state index in [2.05, 4.69) is 4.74 Å². The average Bonchev–Trinajstić information content (AvgIpc) is 2.38. The fourth-order valence-corrected chi connectivity index (χ4v) is 1.43. The van der Waals surface area contributed by atoms with E-state index in [-0.39, 0.29) is 13.7 Å². The topological polar surface area (TPSA) is 66.8 Å². The molecule has 0 bridgehead atoms. The molecule has 1 radical (unpaired) electrons. The largest absolute Gasteiger partial charge is 0.482 e. The highest BCUT2D eigenvalue weighted by molar-refractivity contribution is 6.13. The van der Waals surface area contributed by atoms with Crippen LogP contribution in [0.2, 0.25) is 0 Å². The Hall–Kier alpha value is -1.85. The molecule has 2 rings (SSSR count). The number of methoxy groups -OCH3 is 1. The van der Waals surface area contributed by atoms with Crippen molar-refractivity contribution in [1.82, 2.24) is 0 Å². The lowest BCUT2D eigenvalue weighted by Crippen LogP contribution is -2.00. The van der Waals surface area contributed by atoms with Gasteiger partial charge in [-0.25, -0.2) is 4.79 Å². The maximum Gasteiger partial charge on any atom is 0.482 e. The van der Waals surface area contributed by atoms with Crippen molar-refractivity contribution in [3.05, 3.63) is 48.0 Å². The van der Waals surface area contributed by atoms with Crippen molar-refractivity contribution in [3.8, 4) is 0 Å². The van der Waals surface area contributed by atoms with Crippen LogP contribution < -0.4 is 0 Å². The van der Waals surface area contributed by atoms with E-state index in [0.717, 1.165) is 10.8 Å². The SMILES string of the molecule is COC(=O)c1ccc2ccccc2c1.O[B]O. The number of ether oxygens (including phenoxy) is 1. The first-order valence-electron chi connectivity index (χ1n) is 4.90. The Labute approximate surface area is 99.8 Å². The molecule has 0 aromatic heterocycles. The van der Waals surface area contributed by atoms with E-state index in [0.29, 0.717) is 5.56 Å². The summed E-state index contributed by atoms with van der Waals surface area (Å²) in [4.78, 5) is 11.2. The number of carbonyl (C=O) groups is 1. The lowest BCUT2D eigenvalue weighted by molar-refractivity contribution is 0.0601. The van der Waals surface area contributed by atoms with Gasteiger partial charge in [0.25, 0.3) is 0 Å². The van der Waals surface area contributed by atoms with Crippen molar-refractivity contribution in [3.63, 3.8) is 0 Å². The van der Waals surface area contributed by atoms with E-state index in [1.165, 1.54) is 7.11 Å². The van der Waals surface area contributed by atoms with E-state index < -0.39 is 0 Å². The molecule has 17 heavy (non-hydrogen) atoms. The van der Waals surface area contributed by atoms with Crippen LogP contribution in [-0.2, 0) is 4.74 Å². The molecule has 0 atom stereocenters. The van der Waals surface area contributed by atoms with E-state index >= 15 is 0 Å². The van der Waals surface area contributed by atoms with Crippen LogP contribution in [0.5, 0.6) is 0 Å². The molecule has 0 saturated heterocycles. The summed E-state index contributed by atoms with van der Waals surface area (Å²) in [5, 5.41) is 16.2. The lowest BCUT2D eigenvalue weighted by atomic mass is 10.1. The highest BCUT2D eigenvalue weighted by Crippen LogP contribution is 2.15. The standard InChI is InChI=1S/C12H10O2.BH2O2/c1-14-12(13)11-7-6-9-4-2-3-5-10(9)8-11;2-1-3/h2-8H,1H3;2-3H. The van der Waals surface area contributed by atoms with Crippen LogP contribution in [0.15, 0.2) is 42.5 Å². The van der Waals surface area contributed by atoms with Gasteiger partial charge < -0.3 is 14.8 Å². The third-order valence-corrected chi connectivity index (χ3v) is 2.17. The Morgan fingerprint density at radius 2 is 1.71 bits per heavy atom. The van der Waals surface area contributed by atoms with Crippen LogP contribution in [-0.4, -0.2) is 30.8 Å². The molecule has 2 N–H and O–H groups in total. The van der Waals surface area contributed by atoms with Crippen molar-refractivity contribution >= 4 is 24.4 Å². The van der Waals surface area contributed by atoms with Crippen molar-refractivity contribution in [2.24, 2.45) is 0 Å². The summed E-state index contributed by atoms with van der Waals surface area (Å²) in [7, 11) is 1.39. The first-order valence-corrected chi connectivity index (χ1v) is 4.90. The minimum Gasteiger partial charge on any atom is -0.465 e. The normalized spacial score (nSPS) is 9.12. The number of fused-ring (bicyclic) bond motifs is 1. The number of hydrogen-bond acceptors (Lipinski definition) is 4. The van der Waals surface area contributed by atoms with Crippen molar-refractivity contribution in [2.45, 2.75) is 0 Å². The number of esters is 1. The molecule has 0 amide bonds. The van der Waals surface area contributed by atoms with Crippen molar-refractivity contribution < 1.29 is 19.6 Å². The van der Waals surface area contributed by atoms with Crippen LogP contribution >= 0.6 is 0 Å². The second kappa shape index (κ2) is 6.68. The summed E-state index contributed by atoms with van der Waals surface area (Å²) in [6.45, 7) is 0. The molecule has 0 aliphatic rings. The van der Waals surface area contributed by atoms with Crippen LogP contribution in [0, 0.1) is 0 Å². The van der Waals surface area contributed by atoms with Gasteiger partial charge >= 0.3 is 13.7 Å². The summed E-state index contributed by atoms with van der Waals surface area (Å²) < 4.78 is 4.65. The highest BCUT2D eigenvalue weighted by Gasteiger charge is 2.04. The number of carbonyl (C=O) groups excluding carboxylic acids is 1. The molecule has 0 unspecified atom stereocenters. The number of rotatable bonds is 1. The first-order chi connectivity index (χ1) is 8.22. The van der Waals surface area contributed by atoms with Crippen molar-refractivity contribution in [1.29, 1.82) is 0 Å². The van der Waals surface area contributed by atoms with Gasteiger partial charge in [0.1, 0.15) is 0 Å². The third-order valence-electron chi connectivity index (χ3n) is 2.17. The van der Waals surface area contributed by atoms with Gasteiger partial charge in [-0.1, -0.05) is 30.3 Å². The van der Waals surface area contributed by atoms with Crippen LogP contribution in [0.3, 0.4) is 0 Å². The van der Waals surface area contributed by atoms with E-state index in [4.69, 9.17) is 10.0 Å². The van der Waals surface area contributed by atoms with Crippen LogP contribution in [0.25, 0.3) is 10.8 Å². The second-order valence-electron chi connectivity index (χ2n) is 3.17. The zero-order valence-electron chi connectivity index (χ0n) is 9.33. The minimum absolute atomic E-state index is 0. The first kappa shape index (κ1) is 13.2. The van der Waals surface area contributed by atoms with E-state index in [1.807, 2.05) is 36.4 Å². The fraction of sp³-hybridized carbons (Fsp3) is 0.0833. The second-order valence-corrected chi connectivity index (χ2v) is 3.17. The Balaban J connectivity index is 0.000000437. The summed E-state index contributed by atoms with van der Waals surface area (Å²) in [6, 6.07) is 13.4. The van der Waals surface area contributed by atoms with Gasteiger partial charge in [-0.15, -0.1) is 0 Å². The average molecular weight is 231 g/mol. The maximum absolute atomic E-state index is 11.2. The number of benzene rings is 2. The molecular weight excluding hydrogens is 219 g/mol. The molecule has 0 heterocycles. The van der Waals surface area contributed by atoms with Gasteiger partial charge in [0.15, 0.2) is 0 Å². The predicted molar refractivity (Wildman–Crippen MR) is 65.5 cm³/mol. The van der Waals surface area contributed by atoms with Gasteiger partial charge in [-0.2, -0.15) is 0 Å². The summed E-state index contributed by atoms with van der Waals surface area (Å²) in [5.41, 5.74) is 0.589. The Morgan fingerprint density at radius 3 is 2.29 bits per heavy atom. The fourth-order valence-electron chi connectivity index (χ4n) is 1.43. The summed E-state index contributed by atoms with van der Waals surface area (Å²) in [5.74, 6) is -0.296. The molecule has 2 aromatic rings. The monoisotopic (exact) mass is 231 g/mol. The molecule has 0 fully saturated rings. The molecule has 2 aromatic carbocycles. The number of hydrogen-bond donors (Lipinski definition) is 2. The van der Waals surface area contributed by atoms with Crippen LogP contribution in [0.4, 0.5) is 0 Å². The highest BCUT2D eigenvalue weighted by atomic mass is 16.5. The van der Waals surface area contributed by atoms with Gasteiger partial charge in [0.2, 0.25) is 0 Å². The predicted octanol–water partition coefficient (Wildman–Crippen LogP) is 1.13. The Bertz CT molecular complexity index is 499. The maximum atomic E-state index is 11.2. The Morgan fingerprint density at radius 1 is 1.12 bits per heavy atom. The van der Waals surface area contributed by atoms with Gasteiger partial charge in [-0.05, 0) is 22.9 Å². The van der Waals surface area contributed by atoms with Crippen LogP contribution in [0.1, 0.15) is 10.4 Å². The molecule has 87 valence electrons. The third kappa shape index (κ3) is 3.58. The molecule has 4 nitrogen and oxygen atoms in total. The van der Waals surface area contributed by atoms with Gasteiger partial charge in [-0.3, -0.25) is 0 Å². The molecular formula is C12H12BO4. The molecule has 0 saturated carbocycles. The van der Waals surface area contributed by atoms with Crippen molar-refractivity contribution in [2.75, 3.05) is 7.11 Å².